The number of halogens is 1. The summed E-state index contributed by atoms with van der Waals surface area (Å²) < 4.78 is 0. The second-order valence-corrected chi connectivity index (χ2v) is 14.0. The van der Waals surface area contributed by atoms with Gasteiger partial charge in [-0.2, -0.15) is 0 Å². The van der Waals surface area contributed by atoms with Gasteiger partial charge in [-0.3, -0.25) is 0 Å². The number of benzene rings is 3. The van der Waals surface area contributed by atoms with Crippen molar-refractivity contribution in [3.8, 4) is 0 Å². The molecular formula is C24H27ClNOP. The van der Waals surface area contributed by atoms with E-state index in [-0.39, 0.29) is 12.1 Å². The molecule has 3 aromatic carbocycles. The Balaban J connectivity index is 2.26. The van der Waals surface area contributed by atoms with Gasteiger partial charge in [-0.1, -0.05) is 0 Å². The van der Waals surface area contributed by atoms with E-state index in [0.29, 0.717) is 12.5 Å². The zero-order valence-corrected chi connectivity index (χ0v) is 18.0. The number of amides is 1. The summed E-state index contributed by atoms with van der Waals surface area (Å²) in [6.45, 7) is 4.82. The summed E-state index contributed by atoms with van der Waals surface area (Å²) in [6.07, 6.45) is 0.234. The third kappa shape index (κ3) is 3.85. The van der Waals surface area contributed by atoms with Crippen LogP contribution in [0.25, 0.3) is 0 Å². The van der Waals surface area contributed by atoms with Crippen molar-refractivity contribution in [1.82, 2.24) is 5.32 Å². The number of carbonyl (C=O) groups is 1. The van der Waals surface area contributed by atoms with Gasteiger partial charge in [0.25, 0.3) is 0 Å². The second-order valence-electron chi connectivity index (χ2n) is 7.55. The van der Waals surface area contributed by atoms with Crippen molar-refractivity contribution in [1.29, 1.82) is 0 Å². The SMILES string of the molecule is CC(C)CNC(=O)CP(Cl)(c1ccccc1)(c1ccccc1)c1ccccc1. The zero-order chi connectivity index (χ0) is 20.1. The average Bonchev–Trinajstić information content (AvgIpc) is 2.74. The molecule has 0 fully saturated rings. The molecule has 0 aromatic heterocycles. The number of carbonyl (C=O) groups excluding carboxylic acids is 1. The predicted molar refractivity (Wildman–Crippen MR) is 124 cm³/mol. The molecule has 0 saturated heterocycles. The molecule has 0 heterocycles. The first kappa shape index (κ1) is 20.6. The maximum atomic E-state index is 13.1. The number of hydrogen-bond donors (Lipinski definition) is 1. The molecule has 0 aliphatic rings. The van der Waals surface area contributed by atoms with Crippen LogP contribution in [0.1, 0.15) is 13.8 Å². The first-order valence-corrected chi connectivity index (χ1v) is 12.9. The Morgan fingerprint density at radius 3 is 1.46 bits per heavy atom. The molecule has 1 N–H and O–H groups in total. The van der Waals surface area contributed by atoms with Crippen LogP contribution >= 0.6 is 17.2 Å². The molecule has 0 saturated carbocycles. The molecule has 0 aliphatic heterocycles. The molecule has 0 atom stereocenters. The second kappa shape index (κ2) is 8.47. The van der Waals surface area contributed by atoms with Crippen LogP contribution in [0.2, 0.25) is 0 Å². The van der Waals surface area contributed by atoms with Crippen LogP contribution in [0.3, 0.4) is 0 Å². The average molecular weight is 412 g/mol. The van der Waals surface area contributed by atoms with Gasteiger partial charge in [-0.25, -0.2) is 0 Å². The Hall–Kier alpha value is -2.15. The first-order chi connectivity index (χ1) is 13.4. The Bertz CT molecular complexity index is 814. The molecule has 28 heavy (non-hydrogen) atoms. The molecule has 0 unspecified atom stereocenters. The molecule has 2 nitrogen and oxygen atoms in total. The van der Waals surface area contributed by atoms with Crippen LogP contribution in [0.15, 0.2) is 91.0 Å². The van der Waals surface area contributed by atoms with Gasteiger partial charge in [-0.05, 0) is 0 Å². The summed E-state index contributed by atoms with van der Waals surface area (Å²) in [6, 6.07) is 30.3. The van der Waals surface area contributed by atoms with E-state index in [4.69, 9.17) is 11.2 Å². The molecule has 0 spiro atoms. The van der Waals surface area contributed by atoms with Crippen molar-refractivity contribution in [3.05, 3.63) is 91.0 Å². The van der Waals surface area contributed by atoms with Gasteiger partial charge in [0.2, 0.25) is 0 Å². The van der Waals surface area contributed by atoms with Crippen LogP contribution in [-0.2, 0) is 4.79 Å². The van der Waals surface area contributed by atoms with Gasteiger partial charge in [0.05, 0.1) is 0 Å². The fourth-order valence-corrected chi connectivity index (χ4v) is 9.40. The van der Waals surface area contributed by atoms with Crippen molar-refractivity contribution in [3.63, 3.8) is 0 Å². The molecule has 0 bridgehead atoms. The maximum absolute atomic E-state index is 13.1. The Morgan fingerprint density at radius 2 is 1.14 bits per heavy atom. The van der Waals surface area contributed by atoms with Gasteiger partial charge < -0.3 is 0 Å². The third-order valence-corrected chi connectivity index (χ3v) is 12.2. The van der Waals surface area contributed by atoms with Crippen LogP contribution in [-0.4, -0.2) is 18.6 Å². The van der Waals surface area contributed by atoms with E-state index in [2.05, 4.69) is 55.6 Å². The topological polar surface area (TPSA) is 29.1 Å². The fourth-order valence-electron chi connectivity index (χ4n) is 3.58. The van der Waals surface area contributed by atoms with Gasteiger partial charge in [-0.15, -0.1) is 0 Å². The minimum atomic E-state index is -3.51. The fraction of sp³-hybridized carbons (Fsp3) is 0.208. The molecule has 0 aliphatic carbocycles. The van der Waals surface area contributed by atoms with Crippen molar-refractivity contribution in [2.45, 2.75) is 13.8 Å². The summed E-state index contributed by atoms with van der Waals surface area (Å²) in [5, 5.41) is 6.10. The van der Waals surface area contributed by atoms with Crippen LogP contribution in [0.4, 0.5) is 0 Å². The quantitative estimate of drug-likeness (QED) is 0.572. The van der Waals surface area contributed by atoms with E-state index >= 15 is 0 Å². The van der Waals surface area contributed by atoms with E-state index in [1.54, 1.807) is 0 Å². The number of hydrogen-bond acceptors (Lipinski definition) is 1. The van der Waals surface area contributed by atoms with Crippen molar-refractivity contribution in [2.75, 3.05) is 12.7 Å². The number of rotatable bonds is 7. The van der Waals surface area contributed by atoms with Gasteiger partial charge in [0, 0.05) is 0 Å². The summed E-state index contributed by atoms with van der Waals surface area (Å²) in [5.41, 5.74) is 0. The molecular weight excluding hydrogens is 385 g/mol. The zero-order valence-electron chi connectivity index (χ0n) is 16.4. The molecule has 3 rings (SSSR count). The number of nitrogens with one attached hydrogen (secondary N) is 1. The Kier molecular flexibility index (Phi) is 6.23. The van der Waals surface area contributed by atoms with E-state index in [9.17, 15) is 4.79 Å². The minimum absolute atomic E-state index is 0.0158. The monoisotopic (exact) mass is 411 g/mol. The Morgan fingerprint density at radius 1 is 0.786 bits per heavy atom. The van der Waals surface area contributed by atoms with Gasteiger partial charge in [0.15, 0.2) is 0 Å². The summed E-state index contributed by atoms with van der Waals surface area (Å²) >= 11 is 7.85. The molecule has 146 valence electrons. The first-order valence-electron chi connectivity index (χ1n) is 9.61. The van der Waals surface area contributed by atoms with Crippen LogP contribution < -0.4 is 21.2 Å². The van der Waals surface area contributed by atoms with Crippen LogP contribution in [0, 0.1) is 5.92 Å². The van der Waals surface area contributed by atoms with Crippen LogP contribution in [0.5, 0.6) is 0 Å². The summed E-state index contributed by atoms with van der Waals surface area (Å²) in [7, 11) is 0. The normalized spacial score (nSPS) is 12.9. The molecule has 4 heteroatoms. The van der Waals surface area contributed by atoms with Crippen molar-refractivity contribution >= 4 is 39.0 Å². The van der Waals surface area contributed by atoms with Gasteiger partial charge in [0.1, 0.15) is 0 Å². The molecule has 3 aromatic rings. The predicted octanol–water partition coefficient (Wildman–Crippen LogP) is 4.44. The summed E-state index contributed by atoms with van der Waals surface area (Å²) in [5.74, 6) is -3.14. The van der Waals surface area contributed by atoms with E-state index in [0.717, 1.165) is 15.9 Å². The van der Waals surface area contributed by atoms with Gasteiger partial charge >= 0.3 is 173 Å². The summed E-state index contributed by atoms with van der Waals surface area (Å²) in [4.78, 5) is 13.1. The standard InChI is InChI=1S/C24H27ClNOP/c1-20(2)18-26-24(27)19-28(25,21-12-6-3-7-13-21,22-14-8-4-9-15-22)23-16-10-5-11-17-23/h3-17,20H,18-19H2,1-2H3,(H,26,27). The third-order valence-electron chi connectivity index (χ3n) is 5.03. The molecule has 1 amide bonds. The van der Waals surface area contributed by atoms with Crippen molar-refractivity contribution < 1.29 is 4.79 Å². The van der Waals surface area contributed by atoms with E-state index in [1.165, 1.54) is 0 Å². The van der Waals surface area contributed by atoms with E-state index < -0.39 is 5.96 Å². The van der Waals surface area contributed by atoms with Crippen molar-refractivity contribution in [2.24, 2.45) is 5.92 Å². The van der Waals surface area contributed by atoms with E-state index in [1.807, 2.05) is 54.6 Å². The molecule has 0 radical (unpaired) electrons. The Labute approximate surface area is 172 Å².